The SMILES string of the molecule is C#CCCC(O)c1cc(C)c(F)cc1F. The first-order chi connectivity index (χ1) is 7.06. The lowest BCUT2D eigenvalue weighted by atomic mass is 10.0. The third kappa shape index (κ3) is 2.77. The molecule has 1 nitrogen and oxygen atoms in total. The van der Waals surface area contributed by atoms with Crippen molar-refractivity contribution in [3.05, 3.63) is 34.9 Å². The molecule has 0 aliphatic rings. The molecule has 3 heteroatoms. The van der Waals surface area contributed by atoms with Crippen LogP contribution in [0.25, 0.3) is 0 Å². The van der Waals surface area contributed by atoms with E-state index >= 15 is 0 Å². The Morgan fingerprint density at radius 3 is 2.67 bits per heavy atom. The maximum atomic E-state index is 13.3. The summed E-state index contributed by atoms with van der Waals surface area (Å²) in [5, 5.41) is 9.59. The van der Waals surface area contributed by atoms with Crippen LogP contribution in [0.15, 0.2) is 12.1 Å². The van der Waals surface area contributed by atoms with E-state index in [1.807, 2.05) is 0 Å². The summed E-state index contributed by atoms with van der Waals surface area (Å²) in [6.45, 7) is 1.52. The van der Waals surface area contributed by atoms with Crippen LogP contribution in [0, 0.1) is 30.9 Å². The Labute approximate surface area is 87.7 Å². The Balaban J connectivity index is 2.94. The molecule has 0 heterocycles. The van der Waals surface area contributed by atoms with E-state index in [4.69, 9.17) is 6.42 Å². The number of aryl methyl sites for hydroxylation is 1. The number of halogens is 2. The summed E-state index contributed by atoms with van der Waals surface area (Å²) in [6, 6.07) is 2.09. The molecule has 0 aliphatic carbocycles. The molecule has 1 aromatic rings. The second kappa shape index (κ2) is 4.90. The Kier molecular flexibility index (Phi) is 3.81. The summed E-state index contributed by atoms with van der Waals surface area (Å²) in [7, 11) is 0. The van der Waals surface area contributed by atoms with E-state index in [-0.39, 0.29) is 12.0 Å². The minimum Gasteiger partial charge on any atom is -0.388 e. The summed E-state index contributed by atoms with van der Waals surface area (Å²) in [6.07, 6.45) is 4.69. The third-order valence-corrected chi connectivity index (χ3v) is 2.20. The van der Waals surface area contributed by atoms with E-state index in [0.717, 1.165) is 6.07 Å². The number of aliphatic hydroxyl groups excluding tert-OH is 1. The fourth-order valence-corrected chi connectivity index (χ4v) is 1.31. The van der Waals surface area contributed by atoms with E-state index in [1.54, 1.807) is 0 Å². The minimum atomic E-state index is -0.972. The van der Waals surface area contributed by atoms with Gasteiger partial charge in [0.1, 0.15) is 11.6 Å². The van der Waals surface area contributed by atoms with Crippen molar-refractivity contribution in [1.29, 1.82) is 0 Å². The molecule has 1 rings (SSSR count). The van der Waals surface area contributed by atoms with E-state index in [0.29, 0.717) is 12.0 Å². The van der Waals surface area contributed by atoms with Crippen LogP contribution in [-0.4, -0.2) is 5.11 Å². The van der Waals surface area contributed by atoms with Gasteiger partial charge in [-0.05, 0) is 25.0 Å². The van der Waals surface area contributed by atoms with Crippen molar-refractivity contribution in [2.75, 3.05) is 0 Å². The van der Waals surface area contributed by atoms with Crippen molar-refractivity contribution in [1.82, 2.24) is 0 Å². The van der Waals surface area contributed by atoms with Crippen molar-refractivity contribution in [3.63, 3.8) is 0 Å². The van der Waals surface area contributed by atoms with Crippen LogP contribution in [0.3, 0.4) is 0 Å². The third-order valence-electron chi connectivity index (χ3n) is 2.20. The average molecular weight is 210 g/mol. The van der Waals surface area contributed by atoms with E-state index < -0.39 is 17.7 Å². The van der Waals surface area contributed by atoms with Gasteiger partial charge in [0.15, 0.2) is 0 Å². The summed E-state index contributed by atoms with van der Waals surface area (Å²) in [5.41, 5.74) is 0.412. The smallest absolute Gasteiger partial charge is 0.131 e. The van der Waals surface area contributed by atoms with Gasteiger partial charge in [0, 0.05) is 18.1 Å². The van der Waals surface area contributed by atoms with Crippen LogP contribution in [0.5, 0.6) is 0 Å². The Bertz CT molecular complexity index is 393. The zero-order valence-corrected chi connectivity index (χ0v) is 8.43. The number of rotatable bonds is 3. The predicted molar refractivity (Wildman–Crippen MR) is 54.1 cm³/mol. The van der Waals surface area contributed by atoms with Crippen molar-refractivity contribution < 1.29 is 13.9 Å². The van der Waals surface area contributed by atoms with E-state index in [1.165, 1.54) is 13.0 Å². The van der Waals surface area contributed by atoms with Crippen molar-refractivity contribution >= 4 is 0 Å². The normalized spacial score (nSPS) is 12.2. The van der Waals surface area contributed by atoms with Gasteiger partial charge in [-0.15, -0.1) is 12.3 Å². The van der Waals surface area contributed by atoms with Gasteiger partial charge in [-0.3, -0.25) is 0 Å². The number of benzene rings is 1. The molecule has 0 fully saturated rings. The lowest BCUT2D eigenvalue weighted by molar-refractivity contribution is 0.164. The molecule has 0 radical (unpaired) electrons. The van der Waals surface area contributed by atoms with Gasteiger partial charge >= 0.3 is 0 Å². The van der Waals surface area contributed by atoms with Crippen LogP contribution in [0.2, 0.25) is 0 Å². The lowest BCUT2D eigenvalue weighted by Gasteiger charge is -2.11. The molecule has 0 aromatic heterocycles. The maximum Gasteiger partial charge on any atom is 0.131 e. The van der Waals surface area contributed by atoms with Gasteiger partial charge in [0.2, 0.25) is 0 Å². The van der Waals surface area contributed by atoms with Crippen LogP contribution < -0.4 is 0 Å². The Hall–Kier alpha value is -1.40. The molecular weight excluding hydrogens is 198 g/mol. The molecule has 0 aliphatic heterocycles. The molecule has 1 aromatic carbocycles. The predicted octanol–water partition coefficient (Wildman–Crippen LogP) is 2.72. The lowest BCUT2D eigenvalue weighted by Crippen LogP contribution is -2.02. The standard InChI is InChI=1S/C12H12F2O/c1-3-4-5-12(15)9-6-8(2)10(13)7-11(9)14/h1,6-7,12,15H,4-5H2,2H3. The van der Waals surface area contributed by atoms with Crippen molar-refractivity contribution in [3.8, 4) is 12.3 Å². The summed E-state index contributed by atoms with van der Waals surface area (Å²) in [4.78, 5) is 0. The fraction of sp³-hybridized carbons (Fsp3) is 0.333. The molecule has 15 heavy (non-hydrogen) atoms. The van der Waals surface area contributed by atoms with Gasteiger partial charge in [0.05, 0.1) is 6.10 Å². The quantitative estimate of drug-likeness (QED) is 0.760. The van der Waals surface area contributed by atoms with Crippen LogP contribution in [0.4, 0.5) is 8.78 Å². The highest BCUT2D eigenvalue weighted by molar-refractivity contribution is 5.27. The molecule has 1 atom stereocenters. The zero-order valence-electron chi connectivity index (χ0n) is 8.43. The number of terminal acetylenes is 1. The highest BCUT2D eigenvalue weighted by Gasteiger charge is 2.14. The summed E-state index contributed by atoms with van der Waals surface area (Å²) < 4.78 is 26.2. The number of hydrogen-bond acceptors (Lipinski definition) is 1. The Morgan fingerprint density at radius 2 is 2.07 bits per heavy atom. The van der Waals surface area contributed by atoms with Crippen molar-refractivity contribution in [2.45, 2.75) is 25.9 Å². The van der Waals surface area contributed by atoms with Crippen LogP contribution in [-0.2, 0) is 0 Å². The van der Waals surface area contributed by atoms with E-state index in [9.17, 15) is 13.9 Å². The molecule has 1 unspecified atom stereocenters. The highest BCUT2D eigenvalue weighted by Crippen LogP contribution is 2.23. The monoisotopic (exact) mass is 210 g/mol. The second-order valence-electron chi connectivity index (χ2n) is 3.38. The van der Waals surface area contributed by atoms with Gasteiger partial charge in [-0.2, -0.15) is 0 Å². The number of hydrogen-bond donors (Lipinski definition) is 1. The maximum absolute atomic E-state index is 13.3. The van der Waals surface area contributed by atoms with Crippen molar-refractivity contribution in [2.24, 2.45) is 0 Å². The zero-order chi connectivity index (χ0) is 11.4. The van der Waals surface area contributed by atoms with Crippen LogP contribution in [0.1, 0.15) is 30.1 Å². The van der Waals surface area contributed by atoms with Gasteiger partial charge < -0.3 is 5.11 Å². The molecule has 0 spiro atoms. The molecule has 0 bridgehead atoms. The first-order valence-electron chi connectivity index (χ1n) is 4.63. The fourth-order valence-electron chi connectivity index (χ4n) is 1.31. The Morgan fingerprint density at radius 1 is 1.40 bits per heavy atom. The van der Waals surface area contributed by atoms with Crippen LogP contribution >= 0.6 is 0 Å². The minimum absolute atomic E-state index is 0.101. The first kappa shape index (κ1) is 11.7. The van der Waals surface area contributed by atoms with Gasteiger partial charge in [-0.1, -0.05) is 0 Å². The van der Waals surface area contributed by atoms with E-state index in [2.05, 4.69) is 5.92 Å². The second-order valence-corrected chi connectivity index (χ2v) is 3.38. The largest absolute Gasteiger partial charge is 0.388 e. The highest BCUT2D eigenvalue weighted by atomic mass is 19.1. The topological polar surface area (TPSA) is 20.2 Å². The first-order valence-corrected chi connectivity index (χ1v) is 4.63. The molecule has 1 N–H and O–H groups in total. The molecule has 0 saturated carbocycles. The average Bonchev–Trinajstić information content (AvgIpc) is 2.20. The molecule has 0 saturated heterocycles. The molecular formula is C12H12F2O. The summed E-state index contributed by atoms with van der Waals surface area (Å²) in [5.74, 6) is 1.01. The molecule has 80 valence electrons. The number of aliphatic hydroxyl groups is 1. The van der Waals surface area contributed by atoms with Gasteiger partial charge in [-0.25, -0.2) is 8.78 Å². The summed E-state index contributed by atoms with van der Waals surface area (Å²) >= 11 is 0. The van der Waals surface area contributed by atoms with Gasteiger partial charge in [0.25, 0.3) is 0 Å². The molecule has 0 amide bonds.